The molecule has 0 spiro atoms. The van der Waals surface area contributed by atoms with Gasteiger partial charge in [0.05, 0.1) is 0 Å². The molecular formula is C15H22O. The number of fused-ring (bicyclic) bond motifs is 2. The molecule has 0 unspecified atom stereocenters. The molecule has 1 heteroatoms. The van der Waals surface area contributed by atoms with E-state index in [0.29, 0.717) is 5.41 Å². The van der Waals surface area contributed by atoms with Crippen LogP contribution in [0.15, 0.2) is 23.8 Å². The van der Waals surface area contributed by atoms with E-state index in [1.165, 1.54) is 24.8 Å². The number of allylic oxidation sites excluding steroid dienone is 3. The summed E-state index contributed by atoms with van der Waals surface area (Å²) < 4.78 is 0. The molecule has 0 saturated heterocycles. The van der Waals surface area contributed by atoms with Crippen molar-refractivity contribution in [2.24, 2.45) is 17.3 Å². The van der Waals surface area contributed by atoms with E-state index in [1.807, 2.05) is 6.92 Å². The topological polar surface area (TPSA) is 17.1 Å². The molecule has 88 valence electrons. The van der Waals surface area contributed by atoms with E-state index in [2.05, 4.69) is 19.6 Å². The smallest absolute Gasteiger partial charge is 0.145 e. The summed E-state index contributed by atoms with van der Waals surface area (Å²) in [5, 5.41) is 0. The summed E-state index contributed by atoms with van der Waals surface area (Å²) in [5.74, 6) is 1.65. The van der Waals surface area contributed by atoms with Gasteiger partial charge in [0.1, 0.15) is 6.29 Å². The molecule has 0 aromatic carbocycles. The molecule has 2 bridgehead atoms. The van der Waals surface area contributed by atoms with Crippen molar-refractivity contribution in [1.82, 2.24) is 0 Å². The molecule has 2 rings (SSSR count). The van der Waals surface area contributed by atoms with Crippen molar-refractivity contribution < 1.29 is 4.79 Å². The molecule has 2 fully saturated rings. The minimum Gasteiger partial charge on any atom is -0.298 e. The maximum atomic E-state index is 10.5. The molecule has 2 saturated carbocycles. The first-order valence-corrected chi connectivity index (χ1v) is 6.39. The maximum absolute atomic E-state index is 10.5. The van der Waals surface area contributed by atoms with Gasteiger partial charge >= 0.3 is 0 Å². The van der Waals surface area contributed by atoms with Crippen molar-refractivity contribution >= 4 is 6.29 Å². The van der Waals surface area contributed by atoms with Gasteiger partial charge in [-0.2, -0.15) is 0 Å². The fourth-order valence-electron chi connectivity index (χ4n) is 3.62. The molecular weight excluding hydrogens is 196 g/mol. The first-order chi connectivity index (χ1) is 7.58. The molecule has 2 aliphatic rings. The standard InChI is InChI=1S/C15H22O/c1-11(10-16)5-4-8-15(3)12(2)13-6-7-14(15)9-13/h5,10,13-14H,2,4,6-9H2,1,3H3/b11-5+/t13-,14+,15+/m1/s1. The Bertz CT molecular complexity index is 339. The molecule has 16 heavy (non-hydrogen) atoms. The summed E-state index contributed by atoms with van der Waals surface area (Å²) in [7, 11) is 0. The van der Waals surface area contributed by atoms with Crippen LogP contribution in [0.3, 0.4) is 0 Å². The summed E-state index contributed by atoms with van der Waals surface area (Å²) in [5.41, 5.74) is 2.70. The first-order valence-electron chi connectivity index (χ1n) is 6.39. The zero-order valence-electron chi connectivity index (χ0n) is 10.5. The summed E-state index contributed by atoms with van der Waals surface area (Å²) in [6, 6.07) is 0. The van der Waals surface area contributed by atoms with E-state index < -0.39 is 0 Å². The lowest BCUT2D eigenvalue weighted by Gasteiger charge is -2.36. The third kappa shape index (κ3) is 1.77. The summed E-state index contributed by atoms with van der Waals surface area (Å²) in [4.78, 5) is 10.5. The molecule has 0 heterocycles. The van der Waals surface area contributed by atoms with E-state index in [4.69, 9.17) is 0 Å². The van der Waals surface area contributed by atoms with E-state index in [-0.39, 0.29) is 0 Å². The first kappa shape index (κ1) is 11.6. The van der Waals surface area contributed by atoms with Crippen molar-refractivity contribution in [1.29, 1.82) is 0 Å². The Kier molecular flexibility index (Phi) is 3.05. The number of hydrogen-bond donors (Lipinski definition) is 0. The number of hydrogen-bond acceptors (Lipinski definition) is 1. The van der Waals surface area contributed by atoms with Gasteiger partial charge in [-0.05, 0) is 61.9 Å². The molecule has 0 aromatic rings. The van der Waals surface area contributed by atoms with E-state index >= 15 is 0 Å². The van der Waals surface area contributed by atoms with Crippen LogP contribution in [0.1, 0.15) is 46.0 Å². The van der Waals surface area contributed by atoms with Gasteiger partial charge in [-0.1, -0.05) is 25.2 Å². The number of rotatable bonds is 4. The van der Waals surface area contributed by atoms with Crippen LogP contribution >= 0.6 is 0 Å². The van der Waals surface area contributed by atoms with Gasteiger partial charge < -0.3 is 0 Å². The van der Waals surface area contributed by atoms with Crippen molar-refractivity contribution in [2.75, 3.05) is 0 Å². The second kappa shape index (κ2) is 4.20. The molecule has 1 nitrogen and oxygen atoms in total. The van der Waals surface area contributed by atoms with Crippen LogP contribution in [0.4, 0.5) is 0 Å². The average molecular weight is 218 g/mol. The third-order valence-corrected chi connectivity index (χ3v) is 4.88. The minimum atomic E-state index is 0.350. The van der Waals surface area contributed by atoms with Crippen LogP contribution in [-0.2, 0) is 4.79 Å². The quantitative estimate of drug-likeness (QED) is 0.397. The van der Waals surface area contributed by atoms with Crippen molar-refractivity contribution in [3.63, 3.8) is 0 Å². The van der Waals surface area contributed by atoms with Gasteiger partial charge in [0.25, 0.3) is 0 Å². The van der Waals surface area contributed by atoms with Crippen LogP contribution in [0.5, 0.6) is 0 Å². The highest BCUT2D eigenvalue weighted by atomic mass is 16.1. The second-order valence-electron chi connectivity index (χ2n) is 5.75. The summed E-state index contributed by atoms with van der Waals surface area (Å²) >= 11 is 0. The van der Waals surface area contributed by atoms with Crippen LogP contribution in [0.2, 0.25) is 0 Å². The second-order valence-corrected chi connectivity index (χ2v) is 5.75. The van der Waals surface area contributed by atoms with Gasteiger partial charge in [-0.25, -0.2) is 0 Å². The highest BCUT2D eigenvalue weighted by molar-refractivity contribution is 5.71. The monoisotopic (exact) mass is 218 g/mol. The van der Waals surface area contributed by atoms with Crippen LogP contribution in [-0.4, -0.2) is 6.29 Å². The largest absolute Gasteiger partial charge is 0.298 e. The van der Waals surface area contributed by atoms with Gasteiger partial charge in [0.2, 0.25) is 0 Å². The lowest BCUT2D eigenvalue weighted by atomic mass is 9.69. The van der Waals surface area contributed by atoms with Gasteiger partial charge in [0.15, 0.2) is 0 Å². The molecule has 0 N–H and O–H groups in total. The molecule has 0 radical (unpaired) electrons. The van der Waals surface area contributed by atoms with Gasteiger partial charge in [0, 0.05) is 0 Å². The molecule has 3 atom stereocenters. The Hall–Kier alpha value is -0.850. The fraction of sp³-hybridized carbons (Fsp3) is 0.667. The predicted octanol–water partition coefficient (Wildman–Crippen LogP) is 3.90. The predicted molar refractivity (Wildman–Crippen MR) is 67.1 cm³/mol. The fourth-order valence-corrected chi connectivity index (χ4v) is 3.62. The molecule has 2 aliphatic carbocycles. The van der Waals surface area contributed by atoms with Gasteiger partial charge in [-0.3, -0.25) is 4.79 Å². The normalized spacial score (nSPS) is 38.1. The zero-order chi connectivity index (χ0) is 11.8. The highest BCUT2D eigenvalue weighted by Crippen LogP contribution is 2.60. The minimum absolute atomic E-state index is 0.350. The number of carbonyl (C=O) groups is 1. The van der Waals surface area contributed by atoms with E-state index in [9.17, 15) is 4.79 Å². The van der Waals surface area contributed by atoms with Crippen molar-refractivity contribution in [2.45, 2.75) is 46.0 Å². The van der Waals surface area contributed by atoms with E-state index in [0.717, 1.165) is 36.5 Å². The third-order valence-electron chi connectivity index (χ3n) is 4.88. The number of carbonyl (C=O) groups excluding carboxylic acids is 1. The van der Waals surface area contributed by atoms with Crippen molar-refractivity contribution in [3.05, 3.63) is 23.8 Å². The van der Waals surface area contributed by atoms with E-state index in [1.54, 1.807) is 0 Å². The van der Waals surface area contributed by atoms with Crippen LogP contribution in [0, 0.1) is 17.3 Å². The maximum Gasteiger partial charge on any atom is 0.145 e. The summed E-state index contributed by atoms with van der Waals surface area (Å²) in [6.45, 7) is 8.58. The SMILES string of the molecule is C=C1[C@@H]2CC[C@@H](C2)[C@@]1(C)CC/C=C(\C)C=O. The Morgan fingerprint density at radius 2 is 2.31 bits per heavy atom. The summed E-state index contributed by atoms with van der Waals surface area (Å²) in [6.07, 6.45) is 9.31. The number of aldehydes is 1. The highest BCUT2D eigenvalue weighted by Gasteiger charge is 2.49. The van der Waals surface area contributed by atoms with Crippen molar-refractivity contribution in [3.8, 4) is 0 Å². The van der Waals surface area contributed by atoms with Crippen LogP contribution in [0.25, 0.3) is 0 Å². The Morgan fingerprint density at radius 1 is 1.56 bits per heavy atom. The Morgan fingerprint density at radius 3 is 2.88 bits per heavy atom. The molecule has 0 amide bonds. The Labute approximate surface area is 98.6 Å². The lowest BCUT2D eigenvalue weighted by molar-refractivity contribution is -0.104. The Balaban J connectivity index is 1.99. The molecule has 0 aliphatic heterocycles. The van der Waals surface area contributed by atoms with Gasteiger partial charge in [-0.15, -0.1) is 0 Å². The zero-order valence-corrected chi connectivity index (χ0v) is 10.5. The average Bonchev–Trinajstić information content (AvgIpc) is 2.83. The van der Waals surface area contributed by atoms with Crippen LogP contribution < -0.4 is 0 Å². The lowest BCUT2D eigenvalue weighted by Crippen LogP contribution is -2.26. The molecule has 0 aromatic heterocycles.